The lowest BCUT2D eigenvalue weighted by Crippen LogP contribution is -2.53. The van der Waals surface area contributed by atoms with Crippen LogP contribution in [0.3, 0.4) is 0 Å². The summed E-state index contributed by atoms with van der Waals surface area (Å²) >= 11 is 5.41. The number of fused-ring (bicyclic) bond motifs is 2. The quantitative estimate of drug-likeness (QED) is 0.206. The van der Waals surface area contributed by atoms with Crippen LogP contribution in [0.5, 0.6) is 0 Å². The minimum absolute atomic E-state index is 0.0556. The zero-order valence-electron chi connectivity index (χ0n) is 19.5. The molecule has 10 heteroatoms. The number of rotatable bonds is 6. The Labute approximate surface area is 217 Å². The van der Waals surface area contributed by atoms with E-state index in [9.17, 15) is 14.4 Å². The van der Waals surface area contributed by atoms with Crippen molar-refractivity contribution in [3.05, 3.63) is 108 Å². The Morgan fingerprint density at radius 3 is 2.43 bits per heavy atom. The molecule has 37 heavy (non-hydrogen) atoms. The Bertz CT molecular complexity index is 1470. The topological polar surface area (TPSA) is 116 Å². The molecular formula is C27H21N6O3S. The summed E-state index contributed by atoms with van der Waals surface area (Å²) in [5.41, 5.74) is 6.98. The molecule has 3 heterocycles. The molecule has 183 valence electrons. The van der Waals surface area contributed by atoms with Crippen molar-refractivity contribution in [3.8, 4) is 0 Å². The summed E-state index contributed by atoms with van der Waals surface area (Å²) in [4.78, 5) is 48.3. The van der Waals surface area contributed by atoms with Crippen molar-refractivity contribution in [1.82, 2.24) is 31.0 Å². The second kappa shape index (κ2) is 10.5. The second-order valence-electron chi connectivity index (χ2n) is 8.35. The van der Waals surface area contributed by atoms with Crippen molar-refractivity contribution in [2.45, 2.75) is 12.5 Å². The number of hydrogen-bond donors (Lipinski definition) is 3. The Morgan fingerprint density at radius 1 is 0.946 bits per heavy atom. The van der Waals surface area contributed by atoms with Gasteiger partial charge in [0.1, 0.15) is 5.69 Å². The summed E-state index contributed by atoms with van der Waals surface area (Å²) in [7, 11) is 0. The van der Waals surface area contributed by atoms with Gasteiger partial charge in [0, 0.05) is 36.4 Å². The summed E-state index contributed by atoms with van der Waals surface area (Å²) in [6, 6.07) is 21.8. The third-order valence-corrected chi connectivity index (χ3v) is 6.13. The van der Waals surface area contributed by atoms with E-state index in [0.29, 0.717) is 22.9 Å². The van der Waals surface area contributed by atoms with E-state index in [-0.39, 0.29) is 29.2 Å². The van der Waals surface area contributed by atoms with Crippen LogP contribution in [0.1, 0.15) is 36.9 Å². The van der Waals surface area contributed by atoms with E-state index in [1.165, 1.54) is 4.90 Å². The van der Waals surface area contributed by atoms with Gasteiger partial charge in [0.05, 0.1) is 17.2 Å². The summed E-state index contributed by atoms with van der Waals surface area (Å²) < 4.78 is 0. The van der Waals surface area contributed by atoms with Gasteiger partial charge in [-0.15, -0.1) is 0 Å². The van der Waals surface area contributed by atoms with Crippen molar-refractivity contribution in [2.24, 2.45) is 0 Å². The summed E-state index contributed by atoms with van der Waals surface area (Å²) in [5, 5.41) is 4.72. The van der Waals surface area contributed by atoms with E-state index < -0.39 is 11.9 Å². The Kier molecular flexibility index (Phi) is 6.82. The van der Waals surface area contributed by atoms with Crippen LogP contribution < -0.4 is 16.2 Å². The van der Waals surface area contributed by atoms with Gasteiger partial charge in [-0.2, -0.15) is 0 Å². The predicted octanol–water partition coefficient (Wildman–Crippen LogP) is 2.45. The highest BCUT2D eigenvalue weighted by Crippen LogP contribution is 2.23. The Hall–Kier alpha value is -4.70. The number of nitrogens with zero attached hydrogens (tertiary/aromatic N) is 3. The molecule has 2 aromatic carbocycles. The van der Waals surface area contributed by atoms with Gasteiger partial charge in [-0.25, -0.2) is 0 Å². The van der Waals surface area contributed by atoms with Crippen LogP contribution >= 0.6 is 12.2 Å². The molecule has 0 unspecified atom stereocenters. The number of amides is 3. The van der Waals surface area contributed by atoms with E-state index in [4.69, 9.17) is 12.2 Å². The third-order valence-electron chi connectivity index (χ3n) is 5.91. The van der Waals surface area contributed by atoms with Crippen LogP contribution in [0.25, 0.3) is 10.8 Å². The average molecular weight is 510 g/mol. The van der Waals surface area contributed by atoms with Gasteiger partial charge in [-0.05, 0) is 60.1 Å². The lowest BCUT2D eigenvalue weighted by Gasteiger charge is -2.25. The zero-order valence-corrected chi connectivity index (χ0v) is 20.3. The van der Waals surface area contributed by atoms with E-state index >= 15 is 0 Å². The molecule has 1 atom stereocenters. The maximum absolute atomic E-state index is 12.9. The number of aromatic nitrogens is 2. The molecule has 0 fully saturated rings. The Morgan fingerprint density at radius 2 is 1.70 bits per heavy atom. The van der Waals surface area contributed by atoms with Crippen molar-refractivity contribution in [1.29, 1.82) is 0 Å². The standard InChI is InChI=1S/C27H21N6O3S/c34-24(23-20-9-2-1-7-17(20)12-14-29-23)31-32-27(37)30-19(15-18-8-5-6-13-28-18)16-33-25(35)21-10-3-4-11-22(21)26(33)36/h2-14,19H,15-16H2,(H,31,34)(H2,30,32,37)/t19-/m1/s1. The monoisotopic (exact) mass is 509 g/mol. The minimum atomic E-state index is -0.472. The number of nitrogens with one attached hydrogen (secondary N) is 3. The number of pyridine rings is 2. The number of carbonyl (C=O) groups excluding carboxylic acids is 3. The number of hydrogen-bond acceptors (Lipinski definition) is 6. The highest BCUT2D eigenvalue weighted by atomic mass is 32.1. The van der Waals surface area contributed by atoms with Crippen LogP contribution in [0.4, 0.5) is 0 Å². The fourth-order valence-corrected chi connectivity index (χ4v) is 4.41. The molecule has 2 aromatic heterocycles. The second-order valence-corrected chi connectivity index (χ2v) is 8.76. The van der Waals surface area contributed by atoms with Gasteiger partial charge in [0.15, 0.2) is 5.11 Å². The maximum Gasteiger partial charge on any atom is 0.288 e. The zero-order chi connectivity index (χ0) is 25.8. The maximum atomic E-state index is 12.9. The molecule has 5 rings (SSSR count). The molecule has 1 aliphatic rings. The van der Waals surface area contributed by atoms with Crippen molar-refractivity contribution < 1.29 is 14.4 Å². The molecule has 0 bridgehead atoms. The largest absolute Gasteiger partial charge is 0.356 e. The van der Waals surface area contributed by atoms with Gasteiger partial charge in [0.2, 0.25) is 0 Å². The predicted molar refractivity (Wildman–Crippen MR) is 140 cm³/mol. The van der Waals surface area contributed by atoms with Gasteiger partial charge in [-0.3, -0.25) is 40.1 Å². The average Bonchev–Trinajstić information content (AvgIpc) is 3.17. The van der Waals surface area contributed by atoms with E-state index in [0.717, 1.165) is 11.1 Å². The van der Waals surface area contributed by atoms with E-state index in [1.54, 1.807) is 67.0 Å². The van der Waals surface area contributed by atoms with Crippen LogP contribution in [0.15, 0.2) is 79.1 Å². The highest BCUT2D eigenvalue weighted by molar-refractivity contribution is 7.80. The highest BCUT2D eigenvalue weighted by Gasteiger charge is 2.36. The van der Waals surface area contributed by atoms with E-state index in [2.05, 4.69) is 32.2 Å². The molecule has 0 spiro atoms. The number of hydrazine groups is 1. The third kappa shape index (κ3) is 5.14. The molecule has 4 aromatic rings. The SMILES string of the molecule is O=C(NNC(=S)N[C@H](Cc1ccccn1)CN1C(=O)c2ccccc2C1=O)c1nccc2c[c]ccc12. The van der Waals surface area contributed by atoms with Gasteiger partial charge in [0.25, 0.3) is 17.7 Å². The first kappa shape index (κ1) is 24.0. The summed E-state index contributed by atoms with van der Waals surface area (Å²) in [6.45, 7) is 0.0556. The molecule has 1 aliphatic heterocycles. The minimum Gasteiger partial charge on any atom is -0.356 e. The first-order chi connectivity index (χ1) is 18.0. The summed E-state index contributed by atoms with van der Waals surface area (Å²) in [6.07, 6.45) is 3.60. The number of thiocarbonyl (C=S) groups is 1. The van der Waals surface area contributed by atoms with Crippen molar-refractivity contribution in [3.63, 3.8) is 0 Å². The fourth-order valence-electron chi connectivity index (χ4n) is 4.19. The van der Waals surface area contributed by atoms with Crippen LogP contribution in [0, 0.1) is 6.07 Å². The molecular weight excluding hydrogens is 488 g/mol. The smallest absolute Gasteiger partial charge is 0.288 e. The molecule has 3 amide bonds. The first-order valence-electron chi connectivity index (χ1n) is 11.5. The lowest BCUT2D eigenvalue weighted by atomic mass is 10.1. The molecule has 3 N–H and O–H groups in total. The molecule has 0 saturated carbocycles. The van der Waals surface area contributed by atoms with Crippen LogP contribution in [-0.4, -0.2) is 50.3 Å². The number of benzene rings is 2. The summed E-state index contributed by atoms with van der Waals surface area (Å²) in [5.74, 6) is -1.19. The fraction of sp³-hybridized carbons (Fsp3) is 0.111. The molecule has 9 nitrogen and oxygen atoms in total. The number of imide groups is 1. The molecule has 0 saturated heterocycles. The lowest BCUT2D eigenvalue weighted by molar-refractivity contribution is 0.0641. The number of carbonyl (C=O) groups is 3. The first-order valence-corrected chi connectivity index (χ1v) is 11.9. The normalized spacial score (nSPS) is 13.2. The molecule has 0 aliphatic carbocycles. The van der Waals surface area contributed by atoms with Crippen molar-refractivity contribution >= 4 is 45.8 Å². The van der Waals surface area contributed by atoms with E-state index in [1.807, 2.05) is 12.1 Å². The van der Waals surface area contributed by atoms with Crippen LogP contribution in [-0.2, 0) is 6.42 Å². The van der Waals surface area contributed by atoms with Crippen LogP contribution in [0.2, 0.25) is 0 Å². The van der Waals surface area contributed by atoms with Gasteiger partial charge < -0.3 is 5.32 Å². The van der Waals surface area contributed by atoms with Gasteiger partial charge >= 0.3 is 0 Å². The van der Waals surface area contributed by atoms with Gasteiger partial charge in [-0.1, -0.05) is 30.3 Å². The van der Waals surface area contributed by atoms with Crippen molar-refractivity contribution in [2.75, 3.05) is 6.54 Å². The molecule has 1 radical (unpaired) electrons. The Balaban J connectivity index is 1.28.